The molecule has 2 rings (SSSR count). The molecule has 1 aromatic heterocycles. The highest BCUT2D eigenvalue weighted by Gasteiger charge is 2.51. The molecule has 0 saturated carbocycles. The van der Waals surface area contributed by atoms with Gasteiger partial charge >= 0.3 is 11.9 Å². The Hall–Kier alpha value is -2.54. The zero-order valence-corrected chi connectivity index (χ0v) is 14.6. The molecule has 0 aliphatic heterocycles. The van der Waals surface area contributed by atoms with Crippen molar-refractivity contribution < 1.29 is 45.3 Å². The molecule has 0 spiro atoms. The Morgan fingerprint density at radius 2 is 1.75 bits per heavy atom. The maximum Gasteiger partial charge on any atom is 0.360 e. The Bertz CT molecular complexity index is 867. The highest BCUT2D eigenvalue weighted by Crippen LogP contribution is 2.31. The van der Waals surface area contributed by atoms with Gasteiger partial charge in [0, 0.05) is 18.0 Å². The number of hydrogen-bond donors (Lipinski definition) is 8. The second-order valence-electron chi connectivity index (χ2n) is 6.41. The first kappa shape index (κ1) is 21.8. The van der Waals surface area contributed by atoms with Crippen LogP contribution in [-0.4, -0.2) is 83.2 Å². The summed E-state index contributed by atoms with van der Waals surface area (Å²) in [7, 11) is 0. The lowest BCUT2D eigenvalue weighted by molar-refractivity contribution is -0.213. The summed E-state index contributed by atoms with van der Waals surface area (Å²) in [6, 6.07) is 4.78. The van der Waals surface area contributed by atoms with Gasteiger partial charge in [0.1, 0.15) is 24.4 Å². The lowest BCUT2D eigenvalue weighted by Gasteiger charge is -2.34. The van der Waals surface area contributed by atoms with Crippen LogP contribution < -0.4 is 5.73 Å². The van der Waals surface area contributed by atoms with E-state index in [2.05, 4.69) is 0 Å². The Morgan fingerprint density at radius 1 is 1.14 bits per heavy atom. The third-order valence-electron chi connectivity index (χ3n) is 4.55. The monoisotopic (exact) mass is 398 g/mol. The number of para-hydroxylation sites is 1. The normalized spacial score (nSPS) is 18.2. The number of carbonyl (C=O) groups is 2. The van der Waals surface area contributed by atoms with Gasteiger partial charge in [-0.3, -0.25) is 4.79 Å². The van der Waals surface area contributed by atoms with E-state index in [4.69, 9.17) is 15.9 Å². The molecule has 0 radical (unpaired) electrons. The van der Waals surface area contributed by atoms with Gasteiger partial charge < -0.3 is 46.0 Å². The fourth-order valence-electron chi connectivity index (χ4n) is 2.95. The number of aliphatic carboxylic acids is 2. The average molecular weight is 398 g/mol. The van der Waals surface area contributed by atoms with Gasteiger partial charge in [-0.15, -0.1) is 0 Å². The number of aromatic nitrogens is 1. The van der Waals surface area contributed by atoms with Crippen molar-refractivity contribution in [3.8, 4) is 0 Å². The van der Waals surface area contributed by atoms with Gasteiger partial charge in [-0.25, -0.2) is 4.79 Å². The van der Waals surface area contributed by atoms with Crippen LogP contribution >= 0.6 is 0 Å². The minimum atomic E-state index is -3.14. The predicted octanol–water partition coefficient (Wildman–Crippen LogP) is -2.60. The zero-order valence-electron chi connectivity index (χ0n) is 14.6. The van der Waals surface area contributed by atoms with Crippen LogP contribution in [0.25, 0.3) is 10.9 Å². The highest BCUT2D eigenvalue weighted by molar-refractivity contribution is 5.88. The van der Waals surface area contributed by atoms with Gasteiger partial charge in [0.25, 0.3) is 5.72 Å². The van der Waals surface area contributed by atoms with E-state index in [-0.39, 0.29) is 17.5 Å². The Balaban J connectivity index is 2.65. The van der Waals surface area contributed by atoms with Gasteiger partial charge in [-0.05, 0) is 11.6 Å². The molecule has 0 fully saturated rings. The second kappa shape index (κ2) is 8.22. The smallest absolute Gasteiger partial charge is 0.360 e. The van der Waals surface area contributed by atoms with E-state index in [0.717, 1.165) is 10.8 Å². The number of carboxylic acid groups (broad SMARTS) is 2. The number of benzene rings is 1. The van der Waals surface area contributed by atoms with E-state index in [0.29, 0.717) is 5.39 Å². The fraction of sp³-hybridized carbons (Fsp3) is 0.412. The molecule has 1 aromatic carbocycles. The van der Waals surface area contributed by atoms with Crippen molar-refractivity contribution in [3.63, 3.8) is 0 Å². The molecule has 0 aliphatic carbocycles. The number of carboxylic acids is 2. The van der Waals surface area contributed by atoms with E-state index >= 15 is 0 Å². The first-order valence-electron chi connectivity index (χ1n) is 8.24. The molecule has 9 N–H and O–H groups in total. The number of nitrogens with two attached hydrogens (primary N) is 1. The summed E-state index contributed by atoms with van der Waals surface area (Å²) < 4.78 is 0.756. The number of rotatable bonds is 9. The lowest BCUT2D eigenvalue weighted by atomic mass is 9.97. The molecular formula is C17H22N2O9. The van der Waals surface area contributed by atoms with Gasteiger partial charge in [-0.2, -0.15) is 0 Å². The van der Waals surface area contributed by atoms with Crippen molar-refractivity contribution in [2.75, 3.05) is 6.61 Å². The van der Waals surface area contributed by atoms with E-state index in [9.17, 15) is 35.1 Å². The molecule has 11 nitrogen and oxygen atoms in total. The van der Waals surface area contributed by atoms with Crippen LogP contribution in [0.3, 0.4) is 0 Å². The van der Waals surface area contributed by atoms with Crippen LogP contribution in [0.2, 0.25) is 0 Å². The summed E-state index contributed by atoms with van der Waals surface area (Å²) in [5, 5.41) is 68.5. The summed E-state index contributed by atoms with van der Waals surface area (Å²) in [6.07, 6.45) is -5.64. The maximum absolute atomic E-state index is 11.9. The standard InChI is InChI=1S/C17H22N2O9/c18-10(15(24)25)5-8-6-19(11-4-2-1-3-9(8)11)17(28,16(26)27)14(23)13(22)12(21)7-20/h1-4,6,10,12-14,20-23,28H,5,7,18H2,(H,24,25)(H,26,27). The van der Waals surface area contributed by atoms with Gasteiger partial charge in [0.05, 0.1) is 12.1 Å². The van der Waals surface area contributed by atoms with Crippen LogP contribution in [-0.2, 0) is 21.7 Å². The van der Waals surface area contributed by atoms with Crippen molar-refractivity contribution in [2.45, 2.75) is 36.5 Å². The van der Waals surface area contributed by atoms with Crippen molar-refractivity contribution in [1.29, 1.82) is 0 Å². The topological polar surface area (TPSA) is 207 Å². The number of fused-ring (bicyclic) bond motifs is 1. The summed E-state index contributed by atoms with van der Waals surface area (Å²) in [5.74, 6) is -3.23. The van der Waals surface area contributed by atoms with Crippen molar-refractivity contribution in [1.82, 2.24) is 4.57 Å². The molecule has 0 bridgehead atoms. The van der Waals surface area contributed by atoms with E-state index in [1.807, 2.05) is 0 Å². The van der Waals surface area contributed by atoms with E-state index in [1.165, 1.54) is 12.1 Å². The highest BCUT2D eigenvalue weighted by atomic mass is 16.4. The molecule has 154 valence electrons. The summed E-state index contributed by atoms with van der Waals surface area (Å²) in [6.45, 7) is -0.987. The van der Waals surface area contributed by atoms with Crippen molar-refractivity contribution in [2.24, 2.45) is 5.73 Å². The molecule has 11 heteroatoms. The van der Waals surface area contributed by atoms with E-state index < -0.39 is 48.6 Å². The summed E-state index contributed by atoms with van der Waals surface area (Å²) in [4.78, 5) is 22.9. The quantitative estimate of drug-likeness (QED) is 0.221. The lowest BCUT2D eigenvalue weighted by Crippen LogP contribution is -2.58. The minimum absolute atomic E-state index is 0.115. The number of hydrogen-bond acceptors (Lipinski definition) is 8. The molecule has 28 heavy (non-hydrogen) atoms. The molecule has 2 aromatic rings. The van der Waals surface area contributed by atoms with Gasteiger partial charge in [0.2, 0.25) is 0 Å². The number of aliphatic hydroxyl groups is 5. The fourth-order valence-corrected chi connectivity index (χ4v) is 2.95. The second-order valence-corrected chi connectivity index (χ2v) is 6.41. The molecule has 0 saturated heterocycles. The molecular weight excluding hydrogens is 376 g/mol. The SMILES string of the molecule is NC(Cc1cn(C(O)(C(=O)O)C(O)C(O)C(O)CO)c2ccccc12)C(=O)O. The molecule has 5 unspecified atom stereocenters. The van der Waals surface area contributed by atoms with Crippen LogP contribution in [0.1, 0.15) is 5.56 Å². The minimum Gasteiger partial charge on any atom is -0.480 e. The van der Waals surface area contributed by atoms with Gasteiger partial charge in [-0.1, -0.05) is 18.2 Å². The van der Waals surface area contributed by atoms with Crippen LogP contribution in [0.15, 0.2) is 30.5 Å². The Labute approximate surface area is 158 Å². The first-order valence-corrected chi connectivity index (χ1v) is 8.24. The Kier molecular flexibility index (Phi) is 6.39. The molecule has 0 aliphatic rings. The first-order chi connectivity index (χ1) is 13.0. The Morgan fingerprint density at radius 3 is 2.29 bits per heavy atom. The summed E-state index contributed by atoms with van der Waals surface area (Å²) in [5.41, 5.74) is 2.81. The summed E-state index contributed by atoms with van der Waals surface area (Å²) >= 11 is 0. The molecule has 0 amide bonds. The van der Waals surface area contributed by atoms with Crippen LogP contribution in [0, 0.1) is 0 Å². The van der Waals surface area contributed by atoms with Crippen LogP contribution in [0.5, 0.6) is 0 Å². The third kappa shape index (κ3) is 3.71. The van der Waals surface area contributed by atoms with Gasteiger partial charge in [0.15, 0.2) is 0 Å². The number of aliphatic hydroxyl groups excluding tert-OH is 4. The van der Waals surface area contributed by atoms with Crippen molar-refractivity contribution in [3.05, 3.63) is 36.0 Å². The third-order valence-corrected chi connectivity index (χ3v) is 4.55. The molecule has 1 heterocycles. The van der Waals surface area contributed by atoms with Crippen molar-refractivity contribution >= 4 is 22.8 Å². The average Bonchev–Trinajstić information content (AvgIpc) is 3.04. The number of nitrogens with zero attached hydrogens (tertiary/aromatic N) is 1. The largest absolute Gasteiger partial charge is 0.480 e. The molecule has 5 atom stereocenters. The zero-order chi connectivity index (χ0) is 21.2. The van der Waals surface area contributed by atoms with E-state index in [1.54, 1.807) is 12.1 Å². The van der Waals surface area contributed by atoms with Crippen LogP contribution in [0.4, 0.5) is 0 Å². The maximum atomic E-state index is 11.9. The predicted molar refractivity (Wildman–Crippen MR) is 94.2 cm³/mol.